The second-order valence-electron chi connectivity index (χ2n) is 11.8. The molecule has 6 heterocycles. The maximum absolute atomic E-state index is 16.6. The van der Waals surface area contributed by atoms with Gasteiger partial charge in [0.1, 0.15) is 23.6 Å². The molecule has 12 heteroatoms. The quantitative estimate of drug-likeness (QED) is 0.346. The van der Waals surface area contributed by atoms with Gasteiger partial charge in [-0.05, 0) is 76.2 Å². The van der Waals surface area contributed by atoms with Crippen LogP contribution >= 0.6 is 0 Å². The van der Waals surface area contributed by atoms with Crippen molar-refractivity contribution >= 4 is 33.7 Å². The van der Waals surface area contributed by atoms with E-state index in [9.17, 15) is 4.79 Å². The largest absolute Gasteiger partial charge is 0.461 e. The number of aromatic nitrogens is 5. The van der Waals surface area contributed by atoms with Crippen molar-refractivity contribution in [3.05, 3.63) is 35.9 Å². The van der Waals surface area contributed by atoms with E-state index in [1.165, 1.54) is 7.11 Å². The number of hydrogen-bond acceptors (Lipinski definition) is 9. The van der Waals surface area contributed by atoms with Crippen molar-refractivity contribution in [1.82, 2.24) is 35.4 Å². The molecular formula is C30H35FN8O3. The maximum atomic E-state index is 16.6. The molecule has 7 rings (SSSR count). The summed E-state index contributed by atoms with van der Waals surface area (Å²) in [6.07, 6.45) is 8.95. The van der Waals surface area contributed by atoms with Gasteiger partial charge in [0, 0.05) is 36.3 Å². The molecular weight excluding hydrogens is 539 g/mol. The summed E-state index contributed by atoms with van der Waals surface area (Å²) in [5, 5.41) is 11.3. The van der Waals surface area contributed by atoms with Gasteiger partial charge in [-0.3, -0.25) is 15.0 Å². The molecule has 0 bridgehead atoms. The zero-order chi connectivity index (χ0) is 28.8. The van der Waals surface area contributed by atoms with Crippen LogP contribution in [-0.2, 0) is 4.74 Å². The Labute approximate surface area is 242 Å². The summed E-state index contributed by atoms with van der Waals surface area (Å²) in [6, 6.07) is 3.91. The van der Waals surface area contributed by atoms with Gasteiger partial charge >= 0.3 is 12.1 Å². The summed E-state index contributed by atoms with van der Waals surface area (Å²) in [7, 11) is 1.35. The third kappa shape index (κ3) is 4.67. The number of aryl methyl sites for hydroxylation is 1. The summed E-state index contributed by atoms with van der Waals surface area (Å²) in [4.78, 5) is 30.6. The number of alkyl carbamates (subject to hydrolysis) is 1. The number of halogens is 1. The van der Waals surface area contributed by atoms with Crippen LogP contribution in [0.4, 0.5) is 15.0 Å². The molecule has 4 aromatic rings. The molecule has 0 saturated carbocycles. The molecule has 1 amide bonds. The highest BCUT2D eigenvalue weighted by Gasteiger charge is 2.45. The fraction of sp³-hybridized carbons (Fsp3) is 0.500. The highest BCUT2D eigenvalue weighted by Crippen LogP contribution is 2.40. The molecule has 1 unspecified atom stereocenters. The number of nitrogens with one attached hydrogen (secondary N) is 2. The molecule has 11 nitrogen and oxygen atoms in total. The van der Waals surface area contributed by atoms with Crippen molar-refractivity contribution in [2.75, 3.05) is 44.8 Å². The first-order valence-corrected chi connectivity index (χ1v) is 14.7. The van der Waals surface area contributed by atoms with Gasteiger partial charge in [0.05, 0.1) is 29.7 Å². The van der Waals surface area contributed by atoms with Gasteiger partial charge in [0.15, 0.2) is 5.82 Å². The Bertz CT molecular complexity index is 1650. The lowest BCUT2D eigenvalue weighted by Crippen LogP contribution is -2.48. The van der Waals surface area contributed by atoms with E-state index in [1.54, 1.807) is 12.4 Å². The number of hydrogen-bond donors (Lipinski definition) is 2. The number of benzene rings is 1. The smallest absolute Gasteiger partial charge is 0.407 e. The minimum absolute atomic E-state index is 0.00443. The Kier molecular flexibility index (Phi) is 6.80. The van der Waals surface area contributed by atoms with Crippen molar-refractivity contribution in [2.45, 2.75) is 57.0 Å². The van der Waals surface area contributed by atoms with Crippen molar-refractivity contribution in [3.63, 3.8) is 0 Å². The summed E-state index contributed by atoms with van der Waals surface area (Å²) in [6.45, 7) is 5.78. The number of carbonyl (C=O) groups is 1. The fourth-order valence-corrected chi connectivity index (χ4v) is 7.08. The van der Waals surface area contributed by atoms with E-state index in [1.807, 2.05) is 19.1 Å². The number of methoxy groups -OCH3 is 1. The lowest BCUT2D eigenvalue weighted by Gasteiger charge is -2.34. The predicted molar refractivity (Wildman–Crippen MR) is 156 cm³/mol. The summed E-state index contributed by atoms with van der Waals surface area (Å²) >= 11 is 0. The van der Waals surface area contributed by atoms with Crippen LogP contribution in [0.5, 0.6) is 6.01 Å². The number of nitrogens with zero attached hydrogens (tertiary/aromatic N) is 6. The van der Waals surface area contributed by atoms with Gasteiger partial charge in [0.25, 0.3) is 0 Å². The first kappa shape index (κ1) is 26.8. The molecule has 3 aliphatic rings. The molecule has 3 aromatic heterocycles. The average Bonchev–Trinajstić information content (AvgIpc) is 3.72. The highest BCUT2D eigenvalue weighted by molar-refractivity contribution is 5.98. The molecule has 3 aliphatic heterocycles. The Morgan fingerprint density at radius 1 is 1.14 bits per heavy atom. The van der Waals surface area contributed by atoms with E-state index in [-0.39, 0.29) is 28.8 Å². The number of amides is 1. The zero-order valence-electron chi connectivity index (χ0n) is 24.0. The maximum Gasteiger partial charge on any atom is 0.407 e. The van der Waals surface area contributed by atoms with Gasteiger partial charge in [-0.1, -0.05) is 0 Å². The number of carbonyl (C=O) groups excluding carboxylic acids is 1. The Hall–Kier alpha value is -4.06. The Morgan fingerprint density at radius 2 is 1.98 bits per heavy atom. The number of fused-ring (bicyclic) bond motifs is 3. The number of anilines is 1. The van der Waals surface area contributed by atoms with Crippen LogP contribution in [-0.4, -0.2) is 87.6 Å². The number of piperidine rings is 1. The average molecular weight is 575 g/mol. The van der Waals surface area contributed by atoms with Gasteiger partial charge < -0.3 is 19.7 Å². The lowest BCUT2D eigenvalue weighted by atomic mass is 9.95. The van der Waals surface area contributed by atoms with E-state index >= 15 is 4.39 Å². The topological polar surface area (TPSA) is 121 Å². The minimum Gasteiger partial charge on any atom is -0.461 e. The second kappa shape index (κ2) is 10.6. The molecule has 3 fully saturated rings. The van der Waals surface area contributed by atoms with Gasteiger partial charge in [-0.2, -0.15) is 15.1 Å². The normalized spacial score (nSPS) is 20.3. The van der Waals surface area contributed by atoms with Gasteiger partial charge in [0.2, 0.25) is 0 Å². The number of aromatic amines is 1. The van der Waals surface area contributed by atoms with E-state index in [0.29, 0.717) is 36.5 Å². The first-order chi connectivity index (χ1) is 20.4. The van der Waals surface area contributed by atoms with Crippen LogP contribution in [0.1, 0.15) is 44.1 Å². The number of H-pyrrole nitrogens is 1. The summed E-state index contributed by atoms with van der Waals surface area (Å²) < 4.78 is 27.7. The molecule has 0 aliphatic carbocycles. The third-order valence-electron chi connectivity index (χ3n) is 9.11. The molecule has 1 aromatic carbocycles. The third-order valence-corrected chi connectivity index (χ3v) is 9.11. The van der Waals surface area contributed by atoms with E-state index in [4.69, 9.17) is 14.5 Å². The van der Waals surface area contributed by atoms with Gasteiger partial charge in [-0.15, -0.1) is 0 Å². The van der Waals surface area contributed by atoms with Crippen molar-refractivity contribution in [2.24, 2.45) is 0 Å². The number of pyridine rings is 1. The Morgan fingerprint density at radius 3 is 2.79 bits per heavy atom. The monoisotopic (exact) mass is 574 g/mol. The number of ether oxygens (including phenoxy) is 2. The van der Waals surface area contributed by atoms with Crippen molar-refractivity contribution < 1.29 is 18.7 Å². The number of rotatable bonds is 6. The van der Waals surface area contributed by atoms with Crippen LogP contribution in [0.2, 0.25) is 0 Å². The molecule has 42 heavy (non-hydrogen) atoms. The van der Waals surface area contributed by atoms with Crippen LogP contribution < -0.4 is 15.0 Å². The Balaban J connectivity index is 1.31. The highest BCUT2D eigenvalue weighted by atomic mass is 19.1. The second-order valence-corrected chi connectivity index (χ2v) is 11.8. The minimum atomic E-state index is -0.531. The lowest BCUT2D eigenvalue weighted by molar-refractivity contribution is 0.108. The molecule has 0 radical (unpaired) electrons. The summed E-state index contributed by atoms with van der Waals surface area (Å²) in [5.74, 6) is 0.0195. The molecule has 1 atom stereocenters. The van der Waals surface area contributed by atoms with Gasteiger partial charge in [-0.25, -0.2) is 9.18 Å². The molecule has 220 valence electrons. The molecule has 0 spiro atoms. The van der Waals surface area contributed by atoms with Crippen molar-refractivity contribution in [1.29, 1.82) is 0 Å². The van der Waals surface area contributed by atoms with Crippen LogP contribution in [0.15, 0.2) is 24.5 Å². The van der Waals surface area contributed by atoms with Crippen LogP contribution in [0.25, 0.3) is 33.1 Å². The first-order valence-electron chi connectivity index (χ1n) is 14.7. The van der Waals surface area contributed by atoms with E-state index in [2.05, 4.69) is 35.3 Å². The molecule has 3 saturated heterocycles. The van der Waals surface area contributed by atoms with Crippen LogP contribution in [0.3, 0.4) is 0 Å². The van der Waals surface area contributed by atoms with Crippen molar-refractivity contribution in [3.8, 4) is 17.3 Å². The standard InChI is InChI=1S/C30H35FN8O3/c1-18-12-20(21-15-33-37-23(21)13-18)25-24(31)26-22(14-32-25)27(38-9-3-6-19(16-38)34-29(40)41-2)36-28(35-26)42-17-30-7-4-10-39(30)11-5-8-30/h12-15,19H,3-11,16-17H2,1-2H3,(H,33,37)(H,34,40). The zero-order valence-corrected chi connectivity index (χ0v) is 24.0. The van der Waals surface area contributed by atoms with Crippen LogP contribution in [0, 0.1) is 12.7 Å². The predicted octanol–water partition coefficient (Wildman–Crippen LogP) is 4.35. The fourth-order valence-electron chi connectivity index (χ4n) is 7.08. The van der Waals surface area contributed by atoms with E-state index < -0.39 is 11.9 Å². The SMILES string of the molecule is COC(=O)NC1CCCN(c2nc(OCC34CCCN3CCC4)nc3c(F)c(-c4cc(C)cc5[nH]ncc45)ncc23)C1. The van der Waals surface area contributed by atoms with E-state index in [0.717, 1.165) is 68.1 Å². The summed E-state index contributed by atoms with van der Waals surface area (Å²) in [5.41, 5.74) is 2.78. The molecule has 2 N–H and O–H groups in total.